The number of benzene rings is 1. The highest BCUT2D eigenvalue weighted by Gasteiger charge is 2.22. The second-order valence-corrected chi connectivity index (χ2v) is 4.20. The molecule has 0 saturated heterocycles. The highest BCUT2D eigenvalue weighted by atomic mass is 14.8. The monoisotopic (exact) mass is 199 g/mol. The van der Waals surface area contributed by atoms with Crippen LogP contribution in [0.3, 0.4) is 0 Å². The molecule has 15 heavy (non-hydrogen) atoms. The molecule has 0 radical (unpaired) electrons. The van der Waals surface area contributed by atoms with E-state index in [0.29, 0.717) is 0 Å². The molecule has 0 aliphatic heterocycles. The molecular formula is C12H13N3. The zero-order valence-corrected chi connectivity index (χ0v) is 8.38. The summed E-state index contributed by atoms with van der Waals surface area (Å²) >= 11 is 0. The lowest BCUT2D eigenvalue weighted by Gasteiger charge is -2.00. The van der Waals surface area contributed by atoms with E-state index in [2.05, 4.69) is 11.1 Å². The largest absolute Gasteiger partial charge is 0.358 e. The van der Waals surface area contributed by atoms with Crippen molar-refractivity contribution in [3.05, 3.63) is 35.0 Å². The van der Waals surface area contributed by atoms with Gasteiger partial charge in [-0.2, -0.15) is 0 Å². The zero-order valence-electron chi connectivity index (χ0n) is 8.38. The summed E-state index contributed by atoms with van der Waals surface area (Å²) in [5.41, 5.74) is 10.7. The molecule has 1 aromatic heterocycles. The van der Waals surface area contributed by atoms with E-state index >= 15 is 0 Å². The average molecular weight is 199 g/mol. The number of hydrogen-bond donors (Lipinski definition) is 3. The van der Waals surface area contributed by atoms with Gasteiger partial charge in [0, 0.05) is 35.3 Å². The Bertz CT molecular complexity index is 539. The third kappa shape index (κ3) is 1.20. The summed E-state index contributed by atoms with van der Waals surface area (Å²) in [5, 5.41) is 8.48. The summed E-state index contributed by atoms with van der Waals surface area (Å²) in [7, 11) is 0. The minimum absolute atomic E-state index is 0.263. The normalized spacial score (nSPS) is 19.4. The van der Waals surface area contributed by atoms with Gasteiger partial charge in [0.25, 0.3) is 0 Å². The third-order valence-electron chi connectivity index (χ3n) is 3.12. The Kier molecular flexibility index (Phi) is 1.70. The van der Waals surface area contributed by atoms with Gasteiger partial charge >= 0.3 is 0 Å². The van der Waals surface area contributed by atoms with E-state index in [1.54, 1.807) is 0 Å². The van der Waals surface area contributed by atoms with E-state index in [1.807, 2.05) is 12.1 Å². The maximum atomic E-state index is 7.25. The van der Waals surface area contributed by atoms with Gasteiger partial charge in [0.15, 0.2) is 0 Å². The lowest BCUT2D eigenvalue weighted by atomic mass is 10.1. The minimum Gasteiger partial charge on any atom is -0.358 e. The number of aromatic amines is 1. The number of nitrogens with one attached hydrogen (secondary N) is 2. The number of fused-ring (bicyclic) bond motifs is 3. The lowest BCUT2D eigenvalue weighted by Crippen LogP contribution is -2.19. The Morgan fingerprint density at radius 1 is 1.40 bits per heavy atom. The maximum Gasteiger partial charge on any atom is 0.0459 e. The van der Waals surface area contributed by atoms with Crippen LogP contribution in [0.2, 0.25) is 0 Å². The fraction of sp³-hybridized carbons (Fsp3) is 0.250. The van der Waals surface area contributed by atoms with Gasteiger partial charge in [-0.05, 0) is 29.7 Å². The van der Waals surface area contributed by atoms with E-state index in [4.69, 9.17) is 11.1 Å². The van der Waals surface area contributed by atoms with Crippen LogP contribution in [-0.4, -0.2) is 17.2 Å². The van der Waals surface area contributed by atoms with Crippen LogP contribution in [0.5, 0.6) is 0 Å². The van der Waals surface area contributed by atoms with Gasteiger partial charge in [-0.3, -0.25) is 0 Å². The maximum absolute atomic E-state index is 7.25. The average Bonchev–Trinajstić information content (AvgIpc) is 2.73. The van der Waals surface area contributed by atoms with Crippen molar-refractivity contribution >= 4 is 17.1 Å². The van der Waals surface area contributed by atoms with Crippen molar-refractivity contribution in [2.24, 2.45) is 5.73 Å². The predicted molar refractivity (Wildman–Crippen MR) is 61.6 cm³/mol. The first kappa shape index (κ1) is 8.68. The Labute approximate surface area is 87.8 Å². The Morgan fingerprint density at radius 2 is 2.27 bits per heavy atom. The van der Waals surface area contributed by atoms with E-state index in [1.165, 1.54) is 22.9 Å². The molecule has 1 aliphatic rings. The van der Waals surface area contributed by atoms with Crippen LogP contribution in [0.15, 0.2) is 18.2 Å². The van der Waals surface area contributed by atoms with E-state index in [-0.39, 0.29) is 6.04 Å². The molecule has 3 rings (SSSR count). The standard InChI is InChI=1S/C12H13N3/c13-6-7-1-2-11-9(3-7)10-4-8(14)5-12(10)15-11/h1-3,6,8,13,15H,4-5,14H2. The number of aromatic nitrogens is 1. The lowest BCUT2D eigenvalue weighted by molar-refractivity contribution is 0.716. The molecule has 3 nitrogen and oxygen atoms in total. The SMILES string of the molecule is N=Cc1ccc2[nH]c3c(c2c1)CC(N)C3. The second-order valence-electron chi connectivity index (χ2n) is 4.20. The summed E-state index contributed by atoms with van der Waals surface area (Å²) in [6.07, 6.45) is 3.29. The number of H-pyrrole nitrogens is 1. The molecule has 76 valence electrons. The minimum atomic E-state index is 0.263. The van der Waals surface area contributed by atoms with Gasteiger partial charge in [0.1, 0.15) is 0 Å². The summed E-state index contributed by atoms with van der Waals surface area (Å²) in [5.74, 6) is 0. The van der Waals surface area contributed by atoms with Crippen LogP contribution in [-0.2, 0) is 12.8 Å². The van der Waals surface area contributed by atoms with Crippen LogP contribution in [0, 0.1) is 5.41 Å². The van der Waals surface area contributed by atoms with Gasteiger partial charge in [-0.1, -0.05) is 6.07 Å². The van der Waals surface area contributed by atoms with Crippen LogP contribution in [0.4, 0.5) is 0 Å². The van der Waals surface area contributed by atoms with E-state index < -0.39 is 0 Å². The summed E-state index contributed by atoms with van der Waals surface area (Å²) in [6, 6.07) is 6.33. The van der Waals surface area contributed by atoms with Crippen LogP contribution in [0.1, 0.15) is 16.8 Å². The molecule has 2 aromatic rings. The number of rotatable bonds is 1. The molecule has 1 aliphatic carbocycles. The Morgan fingerprint density at radius 3 is 3.07 bits per heavy atom. The topological polar surface area (TPSA) is 65.7 Å². The molecular weight excluding hydrogens is 186 g/mol. The molecule has 1 unspecified atom stereocenters. The smallest absolute Gasteiger partial charge is 0.0459 e. The van der Waals surface area contributed by atoms with Crippen molar-refractivity contribution in [2.75, 3.05) is 0 Å². The summed E-state index contributed by atoms with van der Waals surface area (Å²) in [6.45, 7) is 0. The number of nitrogens with two attached hydrogens (primary N) is 1. The molecule has 0 spiro atoms. The first-order chi connectivity index (χ1) is 7.28. The highest BCUT2D eigenvalue weighted by Crippen LogP contribution is 2.29. The van der Waals surface area contributed by atoms with E-state index in [0.717, 1.165) is 23.9 Å². The fourth-order valence-electron chi connectivity index (χ4n) is 2.41. The highest BCUT2D eigenvalue weighted by molar-refractivity contribution is 5.91. The number of hydrogen-bond acceptors (Lipinski definition) is 2. The molecule has 0 fully saturated rings. The first-order valence-electron chi connectivity index (χ1n) is 5.17. The van der Waals surface area contributed by atoms with Crippen molar-refractivity contribution in [1.29, 1.82) is 5.41 Å². The Hall–Kier alpha value is -1.61. The zero-order chi connectivity index (χ0) is 10.4. The van der Waals surface area contributed by atoms with Crippen LogP contribution in [0.25, 0.3) is 10.9 Å². The first-order valence-corrected chi connectivity index (χ1v) is 5.17. The van der Waals surface area contributed by atoms with Crippen molar-refractivity contribution in [3.63, 3.8) is 0 Å². The predicted octanol–water partition coefficient (Wildman–Crippen LogP) is 1.59. The molecule has 4 N–H and O–H groups in total. The van der Waals surface area contributed by atoms with Gasteiger partial charge in [-0.25, -0.2) is 0 Å². The van der Waals surface area contributed by atoms with Crippen LogP contribution >= 0.6 is 0 Å². The Balaban J connectivity index is 2.26. The van der Waals surface area contributed by atoms with Gasteiger partial charge in [-0.15, -0.1) is 0 Å². The molecule has 0 bridgehead atoms. The van der Waals surface area contributed by atoms with Gasteiger partial charge in [0.2, 0.25) is 0 Å². The molecule has 3 heteroatoms. The van der Waals surface area contributed by atoms with Crippen molar-refractivity contribution < 1.29 is 0 Å². The van der Waals surface area contributed by atoms with Crippen molar-refractivity contribution in [2.45, 2.75) is 18.9 Å². The molecule has 0 saturated carbocycles. The van der Waals surface area contributed by atoms with Crippen molar-refractivity contribution in [1.82, 2.24) is 4.98 Å². The van der Waals surface area contributed by atoms with Crippen molar-refractivity contribution in [3.8, 4) is 0 Å². The molecule has 1 heterocycles. The second kappa shape index (κ2) is 2.94. The van der Waals surface area contributed by atoms with Crippen LogP contribution < -0.4 is 5.73 Å². The quantitative estimate of drug-likeness (QED) is 0.600. The third-order valence-corrected chi connectivity index (χ3v) is 3.12. The fourth-order valence-corrected chi connectivity index (χ4v) is 2.41. The van der Waals surface area contributed by atoms with E-state index in [9.17, 15) is 0 Å². The summed E-state index contributed by atoms with van der Waals surface area (Å²) in [4.78, 5) is 3.40. The molecule has 1 aromatic carbocycles. The summed E-state index contributed by atoms with van der Waals surface area (Å²) < 4.78 is 0. The molecule has 0 amide bonds. The molecule has 1 atom stereocenters. The van der Waals surface area contributed by atoms with Gasteiger partial charge < -0.3 is 16.1 Å². The van der Waals surface area contributed by atoms with Gasteiger partial charge in [0.05, 0.1) is 0 Å².